The molecule has 5 heteroatoms. The molecule has 3 aromatic rings. The highest BCUT2D eigenvalue weighted by molar-refractivity contribution is 7.17. The second kappa shape index (κ2) is 7.54. The number of carbonyl (C=O) groups excluding carboxylic acids is 2. The summed E-state index contributed by atoms with van der Waals surface area (Å²) in [6.07, 6.45) is 0. The van der Waals surface area contributed by atoms with Crippen molar-refractivity contribution < 1.29 is 14.3 Å². The summed E-state index contributed by atoms with van der Waals surface area (Å²) in [4.78, 5) is 25.9. The third kappa shape index (κ3) is 3.53. The average Bonchev–Trinajstić information content (AvgIpc) is 2.98. The van der Waals surface area contributed by atoms with Gasteiger partial charge in [-0.25, -0.2) is 4.79 Å². The molecule has 0 aliphatic heterocycles. The van der Waals surface area contributed by atoms with E-state index in [1.54, 1.807) is 24.3 Å². The van der Waals surface area contributed by atoms with Crippen molar-refractivity contribution in [1.29, 1.82) is 0 Å². The van der Waals surface area contributed by atoms with E-state index in [9.17, 15) is 9.59 Å². The van der Waals surface area contributed by atoms with E-state index >= 15 is 0 Å². The lowest BCUT2D eigenvalue weighted by molar-refractivity contribution is 0.0603. The fraction of sp³-hybridized carbons (Fsp3) is 0.143. The van der Waals surface area contributed by atoms with Crippen LogP contribution in [0.5, 0.6) is 0 Å². The second-order valence-corrected chi connectivity index (χ2v) is 7.14. The molecule has 1 amide bonds. The van der Waals surface area contributed by atoms with E-state index in [0.717, 1.165) is 21.6 Å². The minimum atomic E-state index is -0.465. The smallest absolute Gasteiger partial charge is 0.341 e. The second-order valence-electron chi connectivity index (χ2n) is 5.92. The lowest BCUT2D eigenvalue weighted by Gasteiger charge is -2.08. The third-order valence-corrected chi connectivity index (χ3v) is 5.10. The van der Waals surface area contributed by atoms with Gasteiger partial charge in [0.25, 0.3) is 5.91 Å². The number of aryl methyl sites for hydroxylation is 2. The zero-order chi connectivity index (χ0) is 18.7. The van der Waals surface area contributed by atoms with Crippen LogP contribution in [0.25, 0.3) is 11.1 Å². The lowest BCUT2D eigenvalue weighted by Crippen LogP contribution is -2.14. The van der Waals surface area contributed by atoms with Crippen LogP contribution in [-0.2, 0) is 4.74 Å². The summed E-state index contributed by atoms with van der Waals surface area (Å²) in [5.41, 5.74) is 3.78. The number of esters is 1. The van der Waals surface area contributed by atoms with Crippen molar-refractivity contribution in [3.05, 3.63) is 76.2 Å². The number of benzene rings is 2. The summed E-state index contributed by atoms with van der Waals surface area (Å²) in [5.74, 6) is -0.722. The van der Waals surface area contributed by atoms with Crippen LogP contribution in [0, 0.1) is 13.8 Å². The first-order chi connectivity index (χ1) is 12.5. The van der Waals surface area contributed by atoms with Crippen LogP contribution in [0.3, 0.4) is 0 Å². The fourth-order valence-corrected chi connectivity index (χ4v) is 3.82. The minimum absolute atomic E-state index is 0.257. The molecule has 0 atom stereocenters. The van der Waals surface area contributed by atoms with E-state index in [2.05, 4.69) is 5.32 Å². The number of carbonyl (C=O) groups is 2. The molecule has 0 aliphatic rings. The highest BCUT2D eigenvalue weighted by Gasteiger charge is 2.25. The number of thiophene rings is 1. The van der Waals surface area contributed by atoms with E-state index in [4.69, 9.17) is 4.74 Å². The Balaban J connectivity index is 2.06. The molecule has 1 aromatic heterocycles. The topological polar surface area (TPSA) is 55.4 Å². The van der Waals surface area contributed by atoms with Crippen LogP contribution < -0.4 is 5.32 Å². The van der Waals surface area contributed by atoms with Crippen LogP contribution in [0.4, 0.5) is 5.00 Å². The molecule has 0 saturated carbocycles. The van der Waals surface area contributed by atoms with Crippen molar-refractivity contribution in [2.75, 3.05) is 12.4 Å². The van der Waals surface area contributed by atoms with Gasteiger partial charge < -0.3 is 10.1 Å². The minimum Gasteiger partial charge on any atom is -0.465 e. The number of anilines is 1. The molecule has 0 saturated heterocycles. The van der Waals surface area contributed by atoms with Gasteiger partial charge in [0.15, 0.2) is 0 Å². The van der Waals surface area contributed by atoms with Gasteiger partial charge in [0.1, 0.15) is 10.6 Å². The largest absolute Gasteiger partial charge is 0.465 e. The van der Waals surface area contributed by atoms with Crippen LogP contribution >= 0.6 is 11.3 Å². The molecule has 0 fully saturated rings. The molecule has 132 valence electrons. The maximum atomic E-state index is 12.5. The number of amides is 1. The quantitative estimate of drug-likeness (QED) is 0.657. The monoisotopic (exact) mass is 365 g/mol. The van der Waals surface area contributed by atoms with Crippen molar-refractivity contribution >= 4 is 28.2 Å². The molecule has 0 unspecified atom stereocenters. The molecule has 0 radical (unpaired) electrons. The Morgan fingerprint density at radius 2 is 1.62 bits per heavy atom. The summed E-state index contributed by atoms with van der Waals surface area (Å²) in [7, 11) is 1.34. The van der Waals surface area contributed by atoms with E-state index in [1.165, 1.54) is 18.4 Å². The maximum absolute atomic E-state index is 12.5. The van der Waals surface area contributed by atoms with Gasteiger partial charge in [-0.2, -0.15) is 0 Å². The van der Waals surface area contributed by atoms with Gasteiger partial charge in [-0.05, 0) is 31.5 Å². The van der Waals surface area contributed by atoms with Crippen molar-refractivity contribution in [1.82, 2.24) is 0 Å². The van der Waals surface area contributed by atoms with Crippen molar-refractivity contribution in [2.45, 2.75) is 13.8 Å². The molecule has 1 N–H and O–H groups in total. The highest BCUT2D eigenvalue weighted by Crippen LogP contribution is 2.40. The summed E-state index contributed by atoms with van der Waals surface area (Å²) in [5, 5.41) is 3.36. The normalized spacial score (nSPS) is 10.4. The SMILES string of the molecule is COC(=O)c1c(NC(=O)c2ccccc2)sc(C)c1-c1ccc(C)cc1. The van der Waals surface area contributed by atoms with Crippen molar-refractivity contribution in [3.63, 3.8) is 0 Å². The number of methoxy groups -OCH3 is 1. The first-order valence-electron chi connectivity index (χ1n) is 8.16. The molecule has 0 bridgehead atoms. The Bertz CT molecular complexity index is 943. The first-order valence-corrected chi connectivity index (χ1v) is 8.98. The Kier molecular flexibility index (Phi) is 5.19. The molecule has 1 heterocycles. The standard InChI is InChI=1S/C21H19NO3S/c1-13-9-11-15(12-10-13)17-14(2)26-20(18(17)21(24)25-3)22-19(23)16-7-5-4-6-8-16/h4-12H,1-3H3,(H,22,23). The highest BCUT2D eigenvalue weighted by atomic mass is 32.1. The summed E-state index contributed by atoms with van der Waals surface area (Å²) in [6, 6.07) is 16.8. The van der Waals surface area contributed by atoms with Gasteiger partial charge in [-0.15, -0.1) is 11.3 Å². The third-order valence-electron chi connectivity index (χ3n) is 4.08. The van der Waals surface area contributed by atoms with Gasteiger partial charge >= 0.3 is 5.97 Å². The lowest BCUT2D eigenvalue weighted by atomic mass is 10.0. The Labute approximate surface area is 156 Å². The Morgan fingerprint density at radius 1 is 0.962 bits per heavy atom. The zero-order valence-corrected chi connectivity index (χ0v) is 15.6. The first kappa shape index (κ1) is 17.9. The van der Waals surface area contributed by atoms with Crippen LogP contribution in [-0.4, -0.2) is 19.0 Å². The van der Waals surface area contributed by atoms with Gasteiger partial charge in [-0.1, -0.05) is 48.0 Å². The van der Waals surface area contributed by atoms with E-state index in [0.29, 0.717) is 16.1 Å². The van der Waals surface area contributed by atoms with E-state index in [-0.39, 0.29) is 5.91 Å². The zero-order valence-electron chi connectivity index (χ0n) is 14.8. The van der Waals surface area contributed by atoms with Crippen LogP contribution in [0.1, 0.15) is 31.2 Å². The molecule has 26 heavy (non-hydrogen) atoms. The van der Waals surface area contributed by atoms with Crippen LogP contribution in [0.15, 0.2) is 54.6 Å². The van der Waals surface area contributed by atoms with Crippen molar-refractivity contribution in [2.24, 2.45) is 0 Å². The van der Waals surface area contributed by atoms with E-state index in [1.807, 2.05) is 44.2 Å². The number of hydrogen-bond donors (Lipinski definition) is 1. The molecular weight excluding hydrogens is 346 g/mol. The van der Waals surface area contributed by atoms with Crippen molar-refractivity contribution in [3.8, 4) is 11.1 Å². The number of hydrogen-bond acceptors (Lipinski definition) is 4. The van der Waals surface area contributed by atoms with E-state index < -0.39 is 5.97 Å². The Hall–Kier alpha value is -2.92. The number of ether oxygens (including phenoxy) is 1. The predicted molar refractivity (Wildman–Crippen MR) is 105 cm³/mol. The van der Waals surface area contributed by atoms with Gasteiger partial charge in [0.05, 0.1) is 7.11 Å². The summed E-state index contributed by atoms with van der Waals surface area (Å²) < 4.78 is 4.98. The van der Waals surface area contributed by atoms with Gasteiger partial charge in [0.2, 0.25) is 0 Å². The molecule has 4 nitrogen and oxygen atoms in total. The molecule has 0 spiro atoms. The average molecular weight is 365 g/mol. The number of nitrogens with one attached hydrogen (secondary N) is 1. The van der Waals surface area contributed by atoms with Gasteiger partial charge in [0, 0.05) is 16.0 Å². The Morgan fingerprint density at radius 3 is 2.23 bits per heavy atom. The predicted octanol–water partition coefficient (Wildman–Crippen LogP) is 5.07. The molecule has 2 aromatic carbocycles. The maximum Gasteiger partial charge on any atom is 0.341 e. The molecule has 3 rings (SSSR count). The molecular formula is C21H19NO3S. The van der Waals surface area contributed by atoms with Crippen LogP contribution in [0.2, 0.25) is 0 Å². The summed E-state index contributed by atoms with van der Waals surface area (Å²) in [6.45, 7) is 3.95. The molecule has 0 aliphatic carbocycles. The summed E-state index contributed by atoms with van der Waals surface area (Å²) >= 11 is 1.37. The fourth-order valence-electron chi connectivity index (χ4n) is 2.76. The number of rotatable bonds is 4. The van der Waals surface area contributed by atoms with Gasteiger partial charge in [-0.3, -0.25) is 4.79 Å².